The standard InChI is InChI=1S/C23H21BrClN3O2/c1-16(27-21-7-4-6-20(25)13-21)23(29)28-26-14-18-5-2-3-8-22(18)30-15-17-9-11-19(24)12-10-17/h2-14,16,27H,15H2,1H3,(H,28,29). The number of rotatable bonds is 8. The molecule has 1 atom stereocenters. The summed E-state index contributed by atoms with van der Waals surface area (Å²) in [5.74, 6) is 0.419. The Bertz CT molecular complexity index is 1020. The molecule has 0 bridgehead atoms. The van der Waals surface area contributed by atoms with Crippen LogP contribution < -0.4 is 15.5 Å². The van der Waals surface area contributed by atoms with Crippen molar-refractivity contribution in [1.29, 1.82) is 0 Å². The molecule has 0 saturated carbocycles. The Morgan fingerprint density at radius 2 is 1.90 bits per heavy atom. The second-order valence-corrected chi connectivity index (χ2v) is 7.92. The van der Waals surface area contributed by atoms with Crippen molar-refractivity contribution in [2.45, 2.75) is 19.6 Å². The molecule has 0 aliphatic carbocycles. The number of hydrogen-bond donors (Lipinski definition) is 2. The predicted octanol–water partition coefficient (Wildman–Crippen LogP) is 5.63. The zero-order valence-electron chi connectivity index (χ0n) is 16.3. The van der Waals surface area contributed by atoms with Crippen LogP contribution in [0, 0.1) is 0 Å². The first-order valence-corrected chi connectivity index (χ1v) is 10.5. The molecule has 30 heavy (non-hydrogen) atoms. The number of hydrogen-bond acceptors (Lipinski definition) is 4. The van der Waals surface area contributed by atoms with Crippen molar-refractivity contribution in [2.24, 2.45) is 5.10 Å². The lowest BCUT2D eigenvalue weighted by Gasteiger charge is -2.13. The van der Waals surface area contributed by atoms with E-state index in [4.69, 9.17) is 16.3 Å². The van der Waals surface area contributed by atoms with Gasteiger partial charge >= 0.3 is 0 Å². The van der Waals surface area contributed by atoms with E-state index < -0.39 is 6.04 Å². The third-order valence-corrected chi connectivity index (χ3v) is 4.97. The number of benzene rings is 3. The van der Waals surface area contributed by atoms with Crippen LogP contribution in [0.1, 0.15) is 18.1 Å². The second kappa shape index (κ2) is 10.8. The maximum Gasteiger partial charge on any atom is 0.262 e. The summed E-state index contributed by atoms with van der Waals surface area (Å²) in [7, 11) is 0. The Balaban J connectivity index is 1.56. The zero-order valence-corrected chi connectivity index (χ0v) is 18.7. The van der Waals surface area contributed by atoms with Crippen molar-refractivity contribution in [2.75, 3.05) is 5.32 Å². The van der Waals surface area contributed by atoms with Gasteiger partial charge in [0.05, 0.1) is 6.21 Å². The fourth-order valence-corrected chi connectivity index (χ4v) is 3.07. The van der Waals surface area contributed by atoms with Gasteiger partial charge in [-0.2, -0.15) is 5.10 Å². The van der Waals surface area contributed by atoms with Crippen molar-refractivity contribution in [3.8, 4) is 5.75 Å². The SMILES string of the molecule is CC(Nc1cccc(Cl)c1)C(=O)NN=Cc1ccccc1OCc1ccc(Br)cc1. The van der Waals surface area contributed by atoms with E-state index >= 15 is 0 Å². The molecule has 3 aromatic rings. The normalized spacial score (nSPS) is 11.8. The Hall–Kier alpha value is -2.83. The number of anilines is 1. The summed E-state index contributed by atoms with van der Waals surface area (Å²) in [4.78, 5) is 12.3. The lowest BCUT2D eigenvalue weighted by molar-refractivity contribution is -0.121. The second-order valence-electron chi connectivity index (χ2n) is 6.56. The van der Waals surface area contributed by atoms with Gasteiger partial charge in [-0.15, -0.1) is 0 Å². The molecule has 1 unspecified atom stereocenters. The van der Waals surface area contributed by atoms with E-state index in [9.17, 15) is 4.79 Å². The number of carbonyl (C=O) groups excluding carboxylic acids is 1. The summed E-state index contributed by atoms with van der Waals surface area (Å²) in [6.45, 7) is 2.19. The first-order chi connectivity index (χ1) is 14.5. The lowest BCUT2D eigenvalue weighted by Crippen LogP contribution is -2.34. The van der Waals surface area contributed by atoms with E-state index in [1.165, 1.54) is 0 Å². The molecule has 0 aliphatic heterocycles. The van der Waals surface area contributed by atoms with Gasteiger partial charge in [0.15, 0.2) is 0 Å². The monoisotopic (exact) mass is 485 g/mol. The fraction of sp³-hybridized carbons (Fsp3) is 0.130. The summed E-state index contributed by atoms with van der Waals surface area (Å²) in [6.07, 6.45) is 1.57. The Morgan fingerprint density at radius 1 is 1.13 bits per heavy atom. The van der Waals surface area contributed by atoms with Crippen molar-refractivity contribution in [3.63, 3.8) is 0 Å². The molecule has 154 valence electrons. The number of nitrogens with zero attached hydrogens (tertiary/aromatic N) is 1. The van der Waals surface area contributed by atoms with Crippen molar-refractivity contribution in [1.82, 2.24) is 5.43 Å². The third kappa shape index (κ3) is 6.61. The molecular formula is C23H21BrClN3O2. The van der Waals surface area contributed by atoms with Crippen LogP contribution >= 0.6 is 27.5 Å². The first-order valence-electron chi connectivity index (χ1n) is 9.32. The molecule has 0 fully saturated rings. The topological polar surface area (TPSA) is 62.7 Å². The van der Waals surface area contributed by atoms with Crippen LogP contribution in [-0.2, 0) is 11.4 Å². The van der Waals surface area contributed by atoms with Gasteiger partial charge in [0.2, 0.25) is 0 Å². The van der Waals surface area contributed by atoms with E-state index in [0.717, 1.165) is 21.3 Å². The largest absolute Gasteiger partial charge is 0.488 e. The third-order valence-electron chi connectivity index (χ3n) is 4.21. The van der Waals surface area contributed by atoms with E-state index in [0.29, 0.717) is 17.4 Å². The van der Waals surface area contributed by atoms with Crippen LogP contribution in [-0.4, -0.2) is 18.2 Å². The minimum atomic E-state index is -0.482. The Kier molecular flexibility index (Phi) is 7.88. The highest BCUT2D eigenvalue weighted by Crippen LogP contribution is 2.19. The van der Waals surface area contributed by atoms with Crippen molar-refractivity contribution >= 4 is 45.3 Å². The smallest absolute Gasteiger partial charge is 0.262 e. The highest BCUT2D eigenvalue weighted by molar-refractivity contribution is 9.10. The summed E-state index contributed by atoms with van der Waals surface area (Å²) in [5, 5.41) is 7.76. The van der Waals surface area contributed by atoms with E-state index in [1.807, 2.05) is 60.7 Å². The molecule has 0 heterocycles. The van der Waals surface area contributed by atoms with Gasteiger partial charge in [0.25, 0.3) is 5.91 Å². The van der Waals surface area contributed by atoms with Gasteiger partial charge in [-0.05, 0) is 55.0 Å². The highest BCUT2D eigenvalue weighted by atomic mass is 79.9. The minimum Gasteiger partial charge on any atom is -0.488 e. The average molecular weight is 487 g/mol. The summed E-state index contributed by atoms with van der Waals surface area (Å²) in [5.41, 5.74) is 5.14. The molecule has 2 N–H and O–H groups in total. The molecular weight excluding hydrogens is 466 g/mol. The van der Waals surface area contributed by atoms with E-state index in [-0.39, 0.29) is 5.91 Å². The van der Waals surface area contributed by atoms with E-state index in [1.54, 1.807) is 25.3 Å². The average Bonchev–Trinajstić information content (AvgIpc) is 2.74. The van der Waals surface area contributed by atoms with Crippen LogP contribution in [0.4, 0.5) is 5.69 Å². The molecule has 0 aromatic heterocycles. The molecule has 0 radical (unpaired) electrons. The number of para-hydroxylation sites is 1. The van der Waals surface area contributed by atoms with Crippen LogP contribution in [0.25, 0.3) is 0 Å². The van der Waals surface area contributed by atoms with E-state index in [2.05, 4.69) is 31.8 Å². The fourth-order valence-electron chi connectivity index (χ4n) is 2.62. The van der Waals surface area contributed by atoms with Gasteiger partial charge in [0.1, 0.15) is 18.4 Å². The quantitative estimate of drug-likeness (QED) is 0.320. The van der Waals surface area contributed by atoms with Gasteiger partial charge in [-0.3, -0.25) is 4.79 Å². The van der Waals surface area contributed by atoms with Crippen LogP contribution in [0.5, 0.6) is 5.75 Å². The number of nitrogens with one attached hydrogen (secondary N) is 2. The predicted molar refractivity (Wildman–Crippen MR) is 125 cm³/mol. The summed E-state index contributed by atoms with van der Waals surface area (Å²) >= 11 is 9.39. The summed E-state index contributed by atoms with van der Waals surface area (Å²) in [6, 6.07) is 22.2. The molecule has 7 heteroatoms. The van der Waals surface area contributed by atoms with Crippen molar-refractivity contribution < 1.29 is 9.53 Å². The maximum absolute atomic E-state index is 12.3. The Labute approximate surface area is 189 Å². The highest BCUT2D eigenvalue weighted by Gasteiger charge is 2.12. The molecule has 3 aromatic carbocycles. The van der Waals surface area contributed by atoms with Gasteiger partial charge in [0, 0.05) is 20.7 Å². The summed E-state index contributed by atoms with van der Waals surface area (Å²) < 4.78 is 6.94. The van der Waals surface area contributed by atoms with Gasteiger partial charge in [-0.25, -0.2) is 5.43 Å². The lowest BCUT2D eigenvalue weighted by atomic mass is 10.2. The molecule has 1 amide bonds. The zero-order chi connectivity index (χ0) is 21.3. The maximum atomic E-state index is 12.3. The molecule has 0 saturated heterocycles. The number of amides is 1. The van der Waals surface area contributed by atoms with Crippen LogP contribution in [0.2, 0.25) is 5.02 Å². The Morgan fingerprint density at radius 3 is 2.67 bits per heavy atom. The molecule has 5 nitrogen and oxygen atoms in total. The van der Waals surface area contributed by atoms with Crippen LogP contribution in [0.3, 0.4) is 0 Å². The molecule has 0 aliphatic rings. The number of hydrazone groups is 1. The number of ether oxygens (including phenoxy) is 1. The molecule has 3 rings (SSSR count). The van der Waals surface area contributed by atoms with Gasteiger partial charge < -0.3 is 10.1 Å². The minimum absolute atomic E-state index is 0.264. The van der Waals surface area contributed by atoms with Crippen molar-refractivity contribution in [3.05, 3.63) is 93.4 Å². The van der Waals surface area contributed by atoms with Gasteiger partial charge in [-0.1, -0.05) is 57.9 Å². The van der Waals surface area contributed by atoms with Crippen LogP contribution in [0.15, 0.2) is 82.4 Å². The molecule has 0 spiro atoms. The number of carbonyl (C=O) groups is 1. The first kappa shape index (κ1) is 21.9. The number of halogens is 2.